The number of hydrogen-bond donors (Lipinski definition) is 1. The molecule has 3 saturated carbocycles. The van der Waals surface area contributed by atoms with Crippen molar-refractivity contribution in [2.75, 3.05) is 14.1 Å². The van der Waals surface area contributed by atoms with Gasteiger partial charge < -0.3 is 10.2 Å². The maximum absolute atomic E-state index is 13.5. The Kier molecular flexibility index (Phi) is 6.24. The van der Waals surface area contributed by atoms with Gasteiger partial charge in [-0.05, 0) is 114 Å². The molecule has 1 amide bonds. The quantitative estimate of drug-likeness (QED) is 0.600. The molecule has 4 rings (SSSR count). The van der Waals surface area contributed by atoms with Crippen LogP contribution in [0.2, 0.25) is 0 Å². The number of carbonyl (C=O) groups excluding carboxylic acids is 2. The summed E-state index contributed by atoms with van der Waals surface area (Å²) in [6, 6.07) is 0.625. The maximum Gasteiger partial charge on any atom is 0.251 e. The van der Waals surface area contributed by atoms with Crippen molar-refractivity contribution < 1.29 is 9.59 Å². The number of Topliss-reactive ketones (excluding diaryl/α,β-unsaturated/α-hetero) is 1. The Morgan fingerprint density at radius 3 is 2.47 bits per heavy atom. The minimum Gasteiger partial charge on any atom is -0.319 e. The minimum absolute atomic E-state index is 0.0381. The second-order valence-corrected chi connectivity index (χ2v) is 12.1. The van der Waals surface area contributed by atoms with Gasteiger partial charge in [0.25, 0.3) is 5.91 Å². The van der Waals surface area contributed by atoms with Crippen molar-refractivity contribution in [2.45, 2.75) is 85.6 Å². The Bertz CT molecular complexity index is 842. The lowest BCUT2D eigenvalue weighted by molar-refractivity contribution is -0.141. The van der Waals surface area contributed by atoms with Gasteiger partial charge in [-0.3, -0.25) is 9.59 Å². The summed E-state index contributed by atoms with van der Waals surface area (Å²) < 4.78 is 0. The third-order valence-electron chi connectivity index (χ3n) is 10.7. The van der Waals surface area contributed by atoms with Gasteiger partial charge in [-0.25, -0.2) is 0 Å². The van der Waals surface area contributed by atoms with Crippen LogP contribution in [0.3, 0.4) is 0 Å². The zero-order valence-electron chi connectivity index (χ0n) is 21.3. The van der Waals surface area contributed by atoms with E-state index >= 15 is 0 Å². The van der Waals surface area contributed by atoms with Crippen LogP contribution in [0.5, 0.6) is 0 Å². The van der Waals surface area contributed by atoms with Crippen molar-refractivity contribution in [1.29, 1.82) is 0 Å². The predicted octanol–water partition coefficient (Wildman–Crippen LogP) is 5.35. The summed E-state index contributed by atoms with van der Waals surface area (Å²) in [5.74, 6) is 3.03. The van der Waals surface area contributed by atoms with Gasteiger partial charge in [0.05, 0.1) is 5.70 Å². The van der Waals surface area contributed by atoms with Crippen molar-refractivity contribution >= 4 is 11.7 Å². The first kappa shape index (κ1) is 23.7. The first-order valence-electron chi connectivity index (χ1n) is 12.9. The molecule has 0 aliphatic heterocycles. The van der Waals surface area contributed by atoms with Crippen LogP contribution in [0.15, 0.2) is 23.4 Å². The van der Waals surface area contributed by atoms with E-state index < -0.39 is 0 Å². The molecule has 4 aliphatic rings. The standard InChI is InChI=1S/C28H44N2O2/c1-8-17(2)26(32)29-24-14-16-28(5)22-13-15-27(4)20(18(3)30(6)7)11-12-21(27)19(22)9-10-23(28)25(24)31/h8,14,18-23H,9-13,15-16H2,1-7H3,(H,29,32)/b17-8+/t18-,19-,20+,21-,22-,23-,27+,28+/m0/s1. The molecule has 8 atom stereocenters. The highest BCUT2D eigenvalue weighted by Crippen LogP contribution is 2.67. The molecule has 0 aromatic rings. The zero-order chi connectivity index (χ0) is 23.4. The van der Waals surface area contributed by atoms with Crippen LogP contribution in [0.25, 0.3) is 0 Å². The van der Waals surface area contributed by atoms with E-state index in [1.54, 1.807) is 13.0 Å². The highest BCUT2D eigenvalue weighted by molar-refractivity contribution is 6.04. The van der Waals surface area contributed by atoms with E-state index in [0.717, 1.165) is 30.6 Å². The van der Waals surface area contributed by atoms with E-state index in [4.69, 9.17) is 0 Å². The molecule has 0 bridgehead atoms. The van der Waals surface area contributed by atoms with Gasteiger partial charge in [-0.15, -0.1) is 0 Å². The molecular weight excluding hydrogens is 396 g/mol. The molecule has 0 radical (unpaired) electrons. The molecule has 0 aromatic carbocycles. The summed E-state index contributed by atoms with van der Waals surface area (Å²) in [5.41, 5.74) is 1.67. The maximum atomic E-state index is 13.5. The Labute approximate surface area is 195 Å². The number of ketones is 1. The van der Waals surface area contributed by atoms with Crippen molar-refractivity contribution in [3.63, 3.8) is 0 Å². The summed E-state index contributed by atoms with van der Waals surface area (Å²) in [6.07, 6.45) is 12.2. The van der Waals surface area contributed by atoms with Crippen molar-refractivity contribution in [1.82, 2.24) is 10.2 Å². The molecular formula is C28H44N2O2. The van der Waals surface area contributed by atoms with Crippen LogP contribution >= 0.6 is 0 Å². The van der Waals surface area contributed by atoms with Gasteiger partial charge in [-0.2, -0.15) is 0 Å². The molecule has 178 valence electrons. The number of rotatable bonds is 4. The summed E-state index contributed by atoms with van der Waals surface area (Å²) in [5, 5.41) is 2.91. The molecule has 0 saturated heterocycles. The molecule has 4 heteroatoms. The molecule has 4 aliphatic carbocycles. The molecule has 0 aromatic heterocycles. The molecule has 32 heavy (non-hydrogen) atoms. The zero-order valence-corrected chi connectivity index (χ0v) is 21.3. The lowest BCUT2D eigenvalue weighted by Gasteiger charge is -2.60. The number of nitrogens with one attached hydrogen (secondary N) is 1. The molecule has 0 heterocycles. The first-order valence-corrected chi connectivity index (χ1v) is 12.9. The number of amides is 1. The first-order chi connectivity index (χ1) is 15.0. The average Bonchev–Trinajstić information content (AvgIpc) is 3.11. The van der Waals surface area contributed by atoms with E-state index in [0.29, 0.717) is 28.6 Å². The van der Waals surface area contributed by atoms with Gasteiger partial charge >= 0.3 is 0 Å². The fourth-order valence-corrected chi connectivity index (χ4v) is 8.45. The highest BCUT2D eigenvalue weighted by atomic mass is 16.2. The third-order valence-corrected chi connectivity index (χ3v) is 10.7. The summed E-state index contributed by atoms with van der Waals surface area (Å²) >= 11 is 0. The average molecular weight is 441 g/mol. The van der Waals surface area contributed by atoms with Crippen LogP contribution in [0, 0.1) is 40.4 Å². The Morgan fingerprint density at radius 2 is 1.81 bits per heavy atom. The van der Waals surface area contributed by atoms with Gasteiger partial charge in [0, 0.05) is 17.5 Å². The van der Waals surface area contributed by atoms with Crippen LogP contribution in [-0.2, 0) is 9.59 Å². The van der Waals surface area contributed by atoms with Crippen molar-refractivity contribution in [3.05, 3.63) is 23.4 Å². The van der Waals surface area contributed by atoms with E-state index in [9.17, 15) is 9.59 Å². The van der Waals surface area contributed by atoms with Crippen molar-refractivity contribution in [2.24, 2.45) is 40.4 Å². The molecule has 1 N–H and O–H groups in total. The number of allylic oxidation sites excluding steroid dienone is 3. The summed E-state index contributed by atoms with van der Waals surface area (Å²) in [4.78, 5) is 28.3. The third kappa shape index (κ3) is 3.52. The monoisotopic (exact) mass is 440 g/mol. The topological polar surface area (TPSA) is 49.4 Å². The van der Waals surface area contributed by atoms with Crippen LogP contribution in [0.1, 0.15) is 79.6 Å². The fourth-order valence-electron chi connectivity index (χ4n) is 8.45. The number of fused-ring (bicyclic) bond motifs is 5. The summed E-state index contributed by atoms with van der Waals surface area (Å²) in [7, 11) is 4.46. The second-order valence-electron chi connectivity index (χ2n) is 12.1. The molecule has 4 nitrogen and oxygen atoms in total. The van der Waals surface area contributed by atoms with Crippen LogP contribution in [-0.4, -0.2) is 36.7 Å². The Balaban J connectivity index is 1.56. The number of nitrogens with zero attached hydrogens (tertiary/aromatic N) is 1. The van der Waals surface area contributed by atoms with E-state index in [-0.39, 0.29) is 23.0 Å². The lowest BCUT2D eigenvalue weighted by atomic mass is 9.45. The number of carbonyl (C=O) groups is 2. The van der Waals surface area contributed by atoms with Gasteiger partial charge in [0.1, 0.15) is 0 Å². The van der Waals surface area contributed by atoms with Gasteiger partial charge in [0.15, 0.2) is 5.78 Å². The Hall–Kier alpha value is -1.42. The largest absolute Gasteiger partial charge is 0.319 e. The Morgan fingerprint density at radius 1 is 1.12 bits per heavy atom. The minimum atomic E-state index is -0.148. The van der Waals surface area contributed by atoms with Crippen LogP contribution in [0.4, 0.5) is 0 Å². The van der Waals surface area contributed by atoms with Gasteiger partial charge in [-0.1, -0.05) is 26.0 Å². The predicted molar refractivity (Wildman–Crippen MR) is 130 cm³/mol. The normalized spacial score (nSPS) is 42.6. The molecule has 0 unspecified atom stereocenters. The molecule has 3 fully saturated rings. The van der Waals surface area contributed by atoms with Crippen LogP contribution < -0.4 is 5.32 Å². The summed E-state index contributed by atoms with van der Waals surface area (Å²) in [6.45, 7) is 11.0. The number of hydrogen-bond acceptors (Lipinski definition) is 3. The van der Waals surface area contributed by atoms with Gasteiger partial charge in [0.2, 0.25) is 0 Å². The fraction of sp³-hybridized carbons (Fsp3) is 0.786. The molecule has 0 spiro atoms. The van der Waals surface area contributed by atoms with E-state index in [1.807, 2.05) is 13.0 Å². The van der Waals surface area contributed by atoms with E-state index in [2.05, 4.69) is 45.1 Å². The lowest BCUT2D eigenvalue weighted by Crippen LogP contribution is -2.56. The highest BCUT2D eigenvalue weighted by Gasteiger charge is 2.61. The smallest absolute Gasteiger partial charge is 0.251 e. The SMILES string of the molecule is C/C=C(\C)C(=O)NC1=CC[C@@]2(C)[C@@H](CC[C@@H]3[C@@H]2CC[C@]2(C)[C@@H]([C@H](C)N(C)C)CC[C@@H]32)C1=O. The van der Waals surface area contributed by atoms with E-state index in [1.165, 1.54) is 32.1 Å². The second kappa shape index (κ2) is 8.42. The van der Waals surface area contributed by atoms with Crippen molar-refractivity contribution in [3.8, 4) is 0 Å².